The summed E-state index contributed by atoms with van der Waals surface area (Å²) in [5.74, 6) is -0.310. The molecule has 1 aromatic carbocycles. The quantitative estimate of drug-likeness (QED) is 0.901. The molecule has 2 atom stereocenters. The van der Waals surface area contributed by atoms with Crippen LogP contribution in [0, 0.1) is 11.7 Å². The van der Waals surface area contributed by atoms with Crippen molar-refractivity contribution in [3.8, 4) is 0 Å². The third kappa shape index (κ3) is 3.41. The van der Waals surface area contributed by atoms with Crippen LogP contribution in [0.25, 0.3) is 0 Å². The van der Waals surface area contributed by atoms with Gasteiger partial charge in [-0.1, -0.05) is 17.7 Å². The summed E-state index contributed by atoms with van der Waals surface area (Å²) in [4.78, 5) is 13.8. The summed E-state index contributed by atoms with van der Waals surface area (Å²) in [6, 6.07) is 3.98. The molecule has 0 aliphatic carbocycles. The molecule has 0 bridgehead atoms. The predicted molar refractivity (Wildman–Crippen MR) is 75.1 cm³/mol. The molecule has 0 radical (unpaired) electrons. The molecule has 1 fully saturated rings. The van der Waals surface area contributed by atoms with E-state index < -0.39 is 5.82 Å². The molecule has 1 aromatic rings. The summed E-state index contributed by atoms with van der Waals surface area (Å²) < 4.78 is 13.1. The number of aliphatic hydroxyl groups excluding tert-OH is 1. The lowest BCUT2D eigenvalue weighted by Crippen LogP contribution is -2.39. The summed E-state index contributed by atoms with van der Waals surface area (Å²) in [5, 5.41) is 12.0. The Hall–Kier alpha value is -1.33. The number of nitrogens with zero attached hydrogens (tertiary/aromatic N) is 1. The number of hydrogen-bond donors (Lipinski definition) is 2. The number of carbonyl (C=O) groups excluding carboxylic acids is 1. The van der Waals surface area contributed by atoms with Crippen LogP contribution in [0.4, 0.5) is 9.18 Å². The van der Waals surface area contributed by atoms with Gasteiger partial charge in [-0.15, -0.1) is 0 Å². The van der Waals surface area contributed by atoms with Crippen molar-refractivity contribution in [2.45, 2.75) is 19.4 Å². The standard InChI is InChI=1S/C14H18ClFN2O2/c1-9(11-2-3-13(16)12(15)6-11)17-14(20)18-5-4-10(7-18)8-19/h2-3,6,9-10,19H,4-5,7-8H2,1H3,(H,17,20). The van der Waals surface area contributed by atoms with Crippen molar-refractivity contribution in [2.75, 3.05) is 19.7 Å². The number of rotatable bonds is 3. The average Bonchev–Trinajstić information content (AvgIpc) is 2.90. The van der Waals surface area contributed by atoms with E-state index in [4.69, 9.17) is 16.7 Å². The first-order valence-corrected chi connectivity index (χ1v) is 7.00. The molecule has 2 N–H and O–H groups in total. The Balaban J connectivity index is 1.95. The van der Waals surface area contributed by atoms with E-state index in [2.05, 4.69) is 5.32 Å². The normalized spacial score (nSPS) is 20.0. The maximum absolute atomic E-state index is 13.1. The molecule has 1 heterocycles. The van der Waals surface area contributed by atoms with Gasteiger partial charge in [0, 0.05) is 25.6 Å². The van der Waals surface area contributed by atoms with Crippen LogP contribution in [0.3, 0.4) is 0 Å². The molecule has 1 saturated heterocycles. The van der Waals surface area contributed by atoms with Crippen molar-refractivity contribution in [1.82, 2.24) is 10.2 Å². The monoisotopic (exact) mass is 300 g/mol. The zero-order chi connectivity index (χ0) is 14.7. The second-order valence-corrected chi connectivity index (χ2v) is 5.54. The number of amides is 2. The highest BCUT2D eigenvalue weighted by Crippen LogP contribution is 2.21. The molecule has 0 aromatic heterocycles. The van der Waals surface area contributed by atoms with Gasteiger partial charge < -0.3 is 15.3 Å². The lowest BCUT2D eigenvalue weighted by atomic mass is 10.1. The SMILES string of the molecule is CC(NC(=O)N1CCC(CO)C1)c1ccc(F)c(Cl)c1. The number of urea groups is 1. The Labute approximate surface area is 122 Å². The molecular formula is C14H18ClFN2O2. The molecule has 2 amide bonds. The number of likely N-dealkylation sites (tertiary alicyclic amines) is 1. The van der Waals surface area contributed by atoms with Crippen molar-refractivity contribution >= 4 is 17.6 Å². The third-order valence-corrected chi connectivity index (χ3v) is 3.90. The van der Waals surface area contributed by atoms with Crippen LogP contribution < -0.4 is 5.32 Å². The fraction of sp³-hybridized carbons (Fsp3) is 0.500. The number of aliphatic hydroxyl groups is 1. The van der Waals surface area contributed by atoms with Crippen molar-refractivity contribution in [1.29, 1.82) is 0 Å². The van der Waals surface area contributed by atoms with Crippen LogP contribution in [0.15, 0.2) is 18.2 Å². The van der Waals surface area contributed by atoms with Crippen molar-refractivity contribution < 1.29 is 14.3 Å². The van der Waals surface area contributed by atoms with Crippen molar-refractivity contribution in [3.05, 3.63) is 34.6 Å². The van der Waals surface area contributed by atoms with E-state index >= 15 is 0 Å². The van der Waals surface area contributed by atoms with Gasteiger partial charge in [0.1, 0.15) is 5.82 Å². The Kier molecular flexibility index (Phi) is 4.83. The average molecular weight is 301 g/mol. The molecule has 1 aliphatic rings. The minimum absolute atomic E-state index is 0.0464. The van der Waals surface area contributed by atoms with E-state index in [1.54, 1.807) is 11.0 Å². The summed E-state index contributed by atoms with van der Waals surface area (Å²) in [6.07, 6.45) is 0.820. The van der Waals surface area contributed by atoms with Crippen LogP contribution in [0.1, 0.15) is 24.9 Å². The number of nitrogens with one attached hydrogen (secondary N) is 1. The molecule has 110 valence electrons. The van der Waals surface area contributed by atoms with Gasteiger partial charge in [0.25, 0.3) is 0 Å². The first-order valence-electron chi connectivity index (χ1n) is 6.62. The van der Waals surface area contributed by atoms with Crippen LogP contribution >= 0.6 is 11.6 Å². The molecule has 2 rings (SSSR count). The van der Waals surface area contributed by atoms with E-state index in [1.807, 2.05) is 6.92 Å². The van der Waals surface area contributed by atoms with Gasteiger partial charge in [0.15, 0.2) is 0 Å². The zero-order valence-electron chi connectivity index (χ0n) is 11.3. The highest BCUT2D eigenvalue weighted by atomic mass is 35.5. The van der Waals surface area contributed by atoms with E-state index in [0.717, 1.165) is 12.0 Å². The maximum Gasteiger partial charge on any atom is 0.317 e. The van der Waals surface area contributed by atoms with E-state index in [-0.39, 0.29) is 29.6 Å². The zero-order valence-corrected chi connectivity index (χ0v) is 12.0. The summed E-state index contributed by atoms with van der Waals surface area (Å²) in [7, 11) is 0. The maximum atomic E-state index is 13.1. The Bertz CT molecular complexity index is 498. The lowest BCUT2D eigenvalue weighted by Gasteiger charge is -2.21. The summed E-state index contributed by atoms with van der Waals surface area (Å²) in [5.41, 5.74) is 0.752. The van der Waals surface area contributed by atoms with Crippen molar-refractivity contribution in [3.63, 3.8) is 0 Å². The molecule has 0 saturated carbocycles. The highest BCUT2D eigenvalue weighted by molar-refractivity contribution is 6.30. The molecule has 1 aliphatic heterocycles. The minimum Gasteiger partial charge on any atom is -0.396 e. The number of benzene rings is 1. The third-order valence-electron chi connectivity index (χ3n) is 3.61. The van der Waals surface area contributed by atoms with Gasteiger partial charge in [-0.25, -0.2) is 9.18 Å². The van der Waals surface area contributed by atoms with E-state index in [9.17, 15) is 9.18 Å². The smallest absolute Gasteiger partial charge is 0.317 e. The first kappa shape index (κ1) is 15.1. The second-order valence-electron chi connectivity index (χ2n) is 5.13. The Morgan fingerprint density at radius 3 is 3.00 bits per heavy atom. The van der Waals surface area contributed by atoms with Crippen molar-refractivity contribution in [2.24, 2.45) is 5.92 Å². The van der Waals surface area contributed by atoms with Crippen LogP contribution in [0.2, 0.25) is 5.02 Å². The molecule has 20 heavy (non-hydrogen) atoms. The highest BCUT2D eigenvalue weighted by Gasteiger charge is 2.26. The van der Waals surface area contributed by atoms with Gasteiger partial charge in [-0.3, -0.25) is 0 Å². The second kappa shape index (κ2) is 6.41. The van der Waals surface area contributed by atoms with Gasteiger partial charge in [-0.05, 0) is 31.0 Å². The Morgan fingerprint density at radius 1 is 1.65 bits per heavy atom. The van der Waals surface area contributed by atoms with Crippen LogP contribution in [-0.2, 0) is 0 Å². The number of carbonyl (C=O) groups is 1. The largest absolute Gasteiger partial charge is 0.396 e. The number of hydrogen-bond acceptors (Lipinski definition) is 2. The minimum atomic E-state index is -0.473. The van der Waals surface area contributed by atoms with Gasteiger partial charge in [-0.2, -0.15) is 0 Å². The molecular weight excluding hydrogens is 283 g/mol. The lowest BCUT2D eigenvalue weighted by molar-refractivity contribution is 0.195. The summed E-state index contributed by atoms with van der Waals surface area (Å²) in [6.45, 7) is 3.14. The first-order chi connectivity index (χ1) is 9.51. The summed E-state index contributed by atoms with van der Waals surface area (Å²) >= 11 is 5.73. The molecule has 6 heteroatoms. The van der Waals surface area contributed by atoms with Crippen LogP contribution in [0.5, 0.6) is 0 Å². The molecule has 0 spiro atoms. The van der Waals surface area contributed by atoms with Gasteiger partial charge in [0.2, 0.25) is 0 Å². The number of halogens is 2. The fourth-order valence-electron chi connectivity index (χ4n) is 2.31. The van der Waals surface area contributed by atoms with Gasteiger partial charge >= 0.3 is 6.03 Å². The Morgan fingerprint density at radius 2 is 2.40 bits per heavy atom. The van der Waals surface area contributed by atoms with Crippen LogP contribution in [-0.4, -0.2) is 35.7 Å². The molecule has 4 nitrogen and oxygen atoms in total. The fourth-order valence-corrected chi connectivity index (χ4v) is 2.50. The predicted octanol–water partition coefficient (Wildman–Crippen LogP) is 2.56. The molecule has 2 unspecified atom stereocenters. The van der Waals surface area contributed by atoms with E-state index in [1.165, 1.54) is 12.1 Å². The topological polar surface area (TPSA) is 52.6 Å². The van der Waals surface area contributed by atoms with Gasteiger partial charge in [0.05, 0.1) is 11.1 Å². The van der Waals surface area contributed by atoms with E-state index in [0.29, 0.717) is 13.1 Å².